The maximum Gasteiger partial charge on any atom is 0.224 e. The van der Waals surface area contributed by atoms with E-state index >= 15 is 0 Å². The molecular formula is C18H24N2O. The Balaban J connectivity index is 2.11. The van der Waals surface area contributed by atoms with Gasteiger partial charge in [-0.3, -0.25) is 4.79 Å². The zero-order chi connectivity index (χ0) is 15.2. The van der Waals surface area contributed by atoms with Crippen molar-refractivity contribution in [3.63, 3.8) is 0 Å². The SMILES string of the molecule is C=CCC(CC=C)C(=O)NC1CCCc2cc(N)ccc21. The van der Waals surface area contributed by atoms with Crippen molar-refractivity contribution in [2.75, 3.05) is 5.73 Å². The standard InChI is InChI=1S/C18H24N2O/c1-3-6-13(7-4-2)18(21)20-17-9-5-8-14-12-15(19)10-11-16(14)17/h3-4,10-13,17H,1-2,5-9,19H2,(H,20,21). The molecule has 1 amide bonds. The fourth-order valence-corrected chi connectivity index (χ4v) is 2.99. The number of hydrogen-bond acceptors (Lipinski definition) is 2. The number of amides is 1. The summed E-state index contributed by atoms with van der Waals surface area (Å²) < 4.78 is 0. The summed E-state index contributed by atoms with van der Waals surface area (Å²) in [6.07, 6.45) is 8.05. The lowest BCUT2D eigenvalue weighted by atomic mass is 9.87. The zero-order valence-corrected chi connectivity index (χ0v) is 12.5. The maximum absolute atomic E-state index is 12.4. The number of fused-ring (bicyclic) bond motifs is 1. The lowest BCUT2D eigenvalue weighted by Gasteiger charge is -2.28. The van der Waals surface area contributed by atoms with Crippen LogP contribution in [-0.2, 0) is 11.2 Å². The molecule has 0 radical (unpaired) electrons. The fraction of sp³-hybridized carbons (Fsp3) is 0.389. The number of benzene rings is 1. The van der Waals surface area contributed by atoms with Crippen LogP contribution in [0.25, 0.3) is 0 Å². The average Bonchev–Trinajstić information content (AvgIpc) is 2.47. The summed E-state index contributed by atoms with van der Waals surface area (Å²) in [6, 6.07) is 6.08. The Morgan fingerprint density at radius 2 is 2.10 bits per heavy atom. The number of nitrogens with two attached hydrogens (primary N) is 1. The molecule has 3 heteroatoms. The molecule has 3 N–H and O–H groups in total. The lowest BCUT2D eigenvalue weighted by molar-refractivity contribution is -0.125. The molecule has 0 fully saturated rings. The van der Waals surface area contributed by atoms with Gasteiger partial charge in [0.15, 0.2) is 0 Å². The van der Waals surface area contributed by atoms with Crippen LogP contribution in [0.2, 0.25) is 0 Å². The molecule has 1 aromatic rings. The van der Waals surface area contributed by atoms with Crippen molar-refractivity contribution in [1.82, 2.24) is 5.32 Å². The third kappa shape index (κ3) is 3.75. The average molecular weight is 284 g/mol. The Morgan fingerprint density at radius 3 is 2.76 bits per heavy atom. The maximum atomic E-state index is 12.4. The number of rotatable bonds is 6. The van der Waals surface area contributed by atoms with Gasteiger partial charge in [0, 0.05) is 11.6 Å². The molecule has 0 aromatic heterocycles. The number of anilines is 1. The van der Waals surface area contributed by atoms with Crippen LogP contribution in [0.4, 0.5) is 5.69 Å². The Hall–Kier alpha value is -2.03. The fourth-order valence-electron chi connectivity index (χ4n) is 2.99. The van der Waals surface area contributed by atoms with Gasteiger partial charge in [0.05, 0.1) is 6.04 Å². The molecule has 1 atom stereocenters. The first-order valence-corrected chi connectivity index (χ1v) is 7.56. The van der Waals surface area contributed by atoms with Gasteiger partial charge in [-0.25, -0.2) is 0 Å². The molecule has 1 aliphatic rings. The van der Waals surface area contributed by atoms with Crippen LogP contribution in [0.3, 0.4) is 0 Å². The molecule has 1 unspecified atom stereocenters. The number of carbonyl (C=O) groups excluding carboxylic acids is 1. The number of carbonyl (C=O) groups is 1. The third-order valence-electron chi connectivity index (χ3n) is 4.07. The van der Waals surface area contributed by atoms with Crippen LogP contribution < -0.4 is 11.1 Å². The number of hydrogen-bond donors (Lipinski definition) is 2. The van der Waals surface area contributed by atoms with E-state index in [1.165, 1.54) is 11.1 Å². The highest BCUT2D eigenvalue weighted by Gasteiger charge is 2.24. The van der Waals surface area contributed by atoms with Crippen LogP contribution in [0.5, 0.6) is 0 Å². The molecule has 0 saturated carbocycles. The van der Waals surface area contributed by atoms with Gasteiger partial charge in [0.2, 0.25) is 5.91 Å². The highest BCUT2D eigenvalue weighted by Crippen LogP contribution is 2.31. The van der Waals surface area contributed by atoms with E-state index in [-0.39, 0.29) is 17.9 Å². The monoisotopic (exact) mass is 284 g/mol. The summed E-state index contributed by atoms with van der Waals surface area (Å²) in [7, 11) is 0. The second-order valence-corrected chi connectivity index (χ2v) is 5.66. The first-order valence-electron chi connectivity index (χ1n) is 7.56. The minimum atomic E-state index is -0.0702. The van der Waals surface area contributed by atoms with E-state index < -0.39 is 0 Å². The predicted molar refractivity (Wildman–Crippen MR) is 87.8 cm³/mol. The third-order valence-corrected chi connectivity index (χ3v) is 4.07. The van der Waals surface area contributed by atoms with E-state index in [0.29, 0.717) is 12.8 Å². The van der Waals surface area contributed by atoms with Crippen molar-refractivity contribution in [3.8, 4) is 0 Å². The smallest absolute Gasteiger partial charge is 0.224 e. The molecule has 1 aliphatic carbocycles. The van der Waals surface area contributed by atoms with Crippen LogP contribution >= 0.6 is 0 Å². The summed E-state index contributed by atoms with van der Waals surface area (Å²) in [5.74, 6) is 0.0173. The molecule has 0 spiro atoms. The van der Waals surface area contributed by atoms with Gasteiger partial charge in [0.1, 0.15) is 0 Å². The second-order valence-electron chi connectivity index (χ2n) is 5.66. The number of nitrogen functional groups attached to an aromatic ring is 1. The largest absolute Gasteiger partial charge is 0.399 e. The normalized spacial score (nSPS) is 17.1. The molecular weight excluding hydrogens is 260 g/mol. The van der Waals surface area contributed by atoms with Gasteiger partial charge in [-0.2, -0.15) is 0 Å². The highest BCUT2D eigenvalue weighted by molar-refractivity contribution is 5.79. The van der Waals surface area contributed by atoms with E-state index in [0.717, 1.165) is 24.9 Å². The summed E-state index contributed by atoms with van der Waals surface area (Å²) in [6.45, 7) is 7.46. The summed E-state index contributed by atoms with van der Waals surface area (Å²) in [5.41, 5.74) is 9.10. The van der Waals surface area contributed by atoms with Crippen LogP contribution in [0.1, 0.15) is 42.9 Å². The predicted octanol–water partition coefficient (Wildman–Crippen LogP) is 3.53. The van der Waals surface area contributed by atoms with E-state index in [9.17, 15) is 4.79 Å². The van der Waals surface area contributed by atoms with Gasteiger partial charge in [0.25, 0.3) is 0 Å². The Morgan fingerprint density at radius 1 is 1.38 bits per heavy atom. The zero-order valence-electron chi connectivity index (χ0n) is 12.5. The summed E-state index contributed by atoms with van der Waals surface area (Å²) >= 11 is 0. The molecule has 3 nitrogen and oxygen atoms in total. The van der Waals surface area contributed by atoms with Crippen molar-refractivity contribution in [3.05, 3.63) is 54.6 Å². The van der Waals surface area contributed by atoms with Crippen molar-refractivity contribution < 1.29 is 4.79 Å². The molecule has 0 aliphatic heterocycles. The van der Waals surface area contributed by atoms with Crippen molar-refractivity contribution in [2.45, 2.75) is 38.1 Å². The van der Waals surface area contributed by atoms with E-state index in [4.69, 9.17) is 5.73 Å². The Labute approximate surface area is 126 Å². The van der Waals surface area contributed by atoms with Crippen LogP contribution in [0, 0.1) is 5.92 Å². The number of nitrogens with one attached hydrogen (secondary N) is 1. The topological polar surface area (TPSA) is 55.1 Å². The van der Waals surface area contributed by atoms with Crippen molar-refractivity contribution in [1.29, 1.82) is 0 Å². The first-order chi connectivity index (χ1) is 10.2. The molecule has 2 rings (SSSR count). The minimum Gasteiger partial charge on any atom is -0.399 e. The van der Waals surface area contributed by atoms with Crippen LogP contribution in [-0.4, -0.2) is 5.91 Å². The van der Waals surface area contributed by atoms with Crippen molar-refractivity contribution >= 4 is 11.6 Å². The second kappa shape index (κ2) is 7.11. The lowest BCUT2D eigenvalue weighted by Crippen LogP contribution is -2.35. The molecule has 1 aromatic carbocycles. The minimum absolute atomic E-state index is 0.0702. The van der Waals surface area contributed by atoms with Crippen molar-refractivity contribution in [2.24, 2.45) is 5.92 Å². The van der Waals surface area contributed by atoms with Gasteiger partial charge in [-0.1, -0.05) is 18.2 Å². The van der Waals surface area contributed by atoms with E-state index in [1.54, 1.807) is 12.2 Å². The van der Waals surface area contributed by atoms with Crippen LogP contribution in [0.15, 0.2) is 43.5 Å². The molecule has 0 saturated heterocycles. The van der Waals surface area contributed by atoms with Gasteiger partial charge in [-0.05, 0) is 55.4 Å². The summed E-state index contributed by atoms with van der Waals surface area (Å²) in [4.78, 5) is 12.4. The first kappa shape index (κ1) is 15.4. The quantitative estimate of drug-likeness (QED) is 0.620. The summed E-state index contributed by atoms with van der Waals surface area (Å²) in [5, 5.41) is 3.19. The van der Waals surface area contributed by atoms with Gasteiger partial charge >= 0.3 is 0 Å². The highest BCUT2D eigenvalue weighted by atomic mass is 16.1. The van der Waals surface area contributed by atoms with Gasteiger partial charge in [-0.15, -0.1) is 13.2 Å². The molecule has 0 heterocycles. The molecule has 21 heavy (non-hydrogen) atoms. The number of allylic oxidation sites excluding steroid dienone is 2. The van der Waals surface area contributed by atoms with Gasteiger partial charge < -0.3 is 11.1 Å². The Kier molecular flexibility index (Phi) is 5.20. The number of aryl methyl sites for hydroxylation is 1. The Bertz CT molecular complexity index is 526. The molecule has 0 bridgehead atoms. The van der Waals surface area contributed by atoms with E-state index in [2.05, 4.69) is 18.5 Å². The van der Waals surface area contributed by atoms with E-state index in [1.807, 2.05) is 18.2 Å². The molecule has 112 valence electrons.